The fourth-order valence-corrected chi connectivity index (χ4v) is 1.74. The summed E-state index contributed by atoms with van der Waals surface area (Å²) in [6.45, 7) is 3.95. The summed E-state index contributed by atoms with van der Waals surface area (Å²) in [6, 6.07) is 13.1. The number of aryl methyl sites for hydroxylation is 2. The van der Waals surface area contributed by atoms with Gasteiger partial charge in [0.05, 0.1) is 11.3 Å². The molecular weight excluding hydrogens is 226 g/mol. The van der Waals surface area contributed by atoms with Crippen LogP contribution in [0.1, 0.15) is 21.5 Å². The van der Waals surface area contributed by atoms with Gasteiger partial charge in [-0.3, -0.25) is 0 Å². The Bertz CT molecular complexity index is 574. The van der Waals surface area contributed by atoms with E-state index in [1.165, 1.54) is 5.56 Å². The molecule has 2 aromatic rings. The van der Waals surface area contributed by atoms with Crippen LogP contribution in [0.4, 0.5) is 11.4 Å². The highest BCUT2D eigenvalue weighted by atomic mass is 16.4. The molecule has 0 atom stereocenters. The van der Waals surface area contributed by atoms with Crippen LogP contribution >= 0.6 is 0 Å². The molecule has 2 N–H and O–H groups in total. The third-order valence-corrected chi connectivity index (χ3v) is 2.74. The van der Waals surface area contributed by atoms with Crippen molar-refractivity contribution in [3.05, 3.63) is 59.2 Å². The van der Waals surface area contributed by atoms with Gasteiger partial charge < -0.3 is 10.4 Å². The number of nitrogens with one attached hydrogen (secondary N) is 1. The molecule has 0 aliphatic carbocycles. The molecule has 0 aliphatic heterocycles. The van der Waals surface area contributed by atoms with E-state index in [2.05, 4.69) is 5.32 Å². The van der Waals surface area contributed by atoms with Gasteiger partial charge in [-0.15, -0.1) is 0 Å². The molecule has 0 heterocycles. The Labute approximate surface area is 106 Å². The molecule has 3 nitrogen and oxygen atoms in total. The van der Waals surface area contributed by atoms with Crippen LogP contribution in [-0.2, 0) is 0 Å². The maximum absolute atomic E-state index is 11.1. The molecule has 18 heavy (non-hydrogen) atoms. The van der Waals surface area contributed by atoms with Gasteiger partial charge in [-0.1, -0.05) is 23.8 Å². The van der Waals surface area contributed by atoms with Crippen molar-refractivity contribution in [2.24, 2.45) is 0 Å². The average Bonchev–Trinajstić information content (AvgIpc) is 2.32. The second-order valence-corrected chi connectivity index (χ2v) is 4.35. The van der Waals surface area contributed by atoms with E-state index in [1.54, 1.807) is 12.1 Å². The molecule has 0 aromatic heterocycles. The summed E-state index contributed by atoms with van der Waals surface area (Å²) in [5, 5.41) is 12.3. The summed E-state index contributed by atoms with van der Waals surface area (Å²) in [5.74, 6) is -0.926. The van der Waals surface area contributed by atoms with Crippen molar-refractivity contribution < 1.29 is 9.90 Å². The zero-order valence-electron chi connectivity index (χ0n) is 10.4. The number of hydrogen-bond donors (Lipinski definition) is 2. The van der Waals surface area contributed by atoms with Crippen molar-refractivity contribution in [2.45, 2.75) is 13.8 Å². The minimum atomic E-state index is -0.926. The van der Waals surface area contributed by atoms with Crippen molar-refractivity contribution in [1.82, 2.24) is 0 Å². The fraction of sp³-hybridized carbons (Fsp3) is 0.133. The zero-order chi connectivity index (χ0) is 13.1. The lowest BCUT2D eigenvalue weighted by Gasteiger charge is -2.10. The summed E-state index contributed by atoms with van der Waals surface area (Å²) >= 11 is 0. The topological polar surface area (TPSA) is 49.3 Å². The largest absolute Gasteiger partial charge is 0.478 e. The number of hydrogen-bond acceptors (Lipinski definition) is 2. The maximum atomic E-state index is 11.1. The van der Waals surface area contributed by atoms with E-state index >= 15 is 0 Å². The predicted octanol–water partition coefficient (Wildman–Crippen LogP) is 3.75. The van der Waals surface area contributed by atoms with Gasteiger partial charge in [0.2, 0.25) is 0 Å². The first kappa shape index (κ1) is 12.2. The quantitative estimate of drug-likeness (QED) is 0.860. The van der Waals surface area contributed by atoms with Crippen LogP contribution in [0.25, 0.3) is 0 Å². The summed E-state index contributed by atoms with van der Waals surface area (Å²) in [6.07, 6.45) is 0. The highest BCUT2D eigenvalue weighted by Crippen LogP contribution is 2.22. The monoisotopic (exact) mass is 241 g/mol. The highest BCUT2D eigenvalue weighted by Gasteiger charge is 2.09. The second kappa shape index (κ2) is 4.92. The molecule has 0 bridgehead atoms. The first-order valence-corrected chi connectivity index (χ1v) is 5.74. The number of rotatable bonds is 3. The third kappa shape index (κ3) is 2.69. The fourth-order valence-electron chi connectivity index (χ4n) is 1.74. The SMILES string of the molecule is Cc1ccc(Nc2cc(C)ccc2C(=O)O)cc1. The summed E-state index contributed by atoms with van der Waals surface area (Å²) in [5.41, 5.74) is 3.97. The Kier molecular flexibility index (Phi) is 3.33. The van der Waals surface area contributed by atoms with Crippen LogP contribution in [-0.4, -0.2) is 11.1 Å². The summed E-state index contributed by atoms with van der Waals surface area (Å²) in [7, 11) is 0. The van der Waals surface area contributed by atoms with Gasteiger partial charge in [-0.25, -0.2) is 4.79 Å². The Morgan fingerprint density at radius 1 is 1.00 bits per heavy atom. The minimum Gasteiger partial charge on any atom is -0.478 e. The number of benzene rings is 2. The maximum Gasteiger partial charge on any atom is 0.337 e. The van der Waals surface area contributed by atoms with Crippen LogP contribution in [0.2, 0.25) is 0 Å². The Hall–Kier alpha value is -2.29. The van der Waals surface area contributed by atoms with Gasteiger partial charge in [-0.2, -0.15) is 0 Å². The van der Waals surface area contributed by atoms with Crippen LogP contribution in [0.5, 0.6) is 0 Å². The van der Waals surface area contributed by atoms with Gasteiger partial charge in [0.15, 0.2) is 0 Å². The van der Waals surface area contributed by atoms with Gasteiger partial charge >= 0.3 is 5.97 Å². The van der Waals surface area contributed by atoms with Crippen molar-refractivity contribution in [3.8, 4) is 0 Å². The standard InChI is InChI=1S/C15H15NO2/c1-10-3-6-12(7-4-10)16-14-9-11(2)5-8-13(14)15(17)18/h3-9,16H,1-2H3,(H,17,18). The number of aromatic carboxylic acids is 1. The van der Waals surface area contributed by atoms with Gasteiger partial charge in [0.1, 0.15) is 0 Å². The van der Waals surface area contributed by atoms with Crippen molar-refractivity contribution in [1.29, 1.82) is 0 Å². The normalized spacial score (nSPS) is 10.1. The molecular formula is C15H15NO2. The van der Waals surface area contributed by atoms with Crippen LogP contribution in [0, 0.1) is 13.8 Å². The predicted molar refractivity (Wildman–Crippen MR) is 72.6 cm³/mol. The average molecular weight is 241 g/mol. The zero-order valence-corrected chi connectivity index (χ0v) is 10.4. The number of carbonyl (C=O) groups is 1. The summed E-state index contributed by atoms with van der Waals surface area (Å²) < 4.78 is 0. The molecule has 0 fully saturated rings. The molecule has 2 rings (SSSR count). The Morgan fingerprint density at radius 3 is 2.22 bits per heavy atom. The van der Waals surface area contributed by atoms with E-state index in [9.17, 15) is 4.79 Å². The lowest BCUT2D eigenvalue weighted by atomic mass is 10.1. The molecule has 0 amide bonds. The Morgan fingerprint density at radius 2 is 1.61 bits per heavy atom. The minimum absolute atomic E-state index is 0.279. The number of carboxylic acid groups (broad SMARTS) is 1. The molecule has 92 valence electrons. The van der Waals surface area contributed by atoms with E-state index in [0.29, 0.717) is 5.69 Å². The highest BCUT2D eigenvalue weighted by molar-refractivity contribution is 5.95. The lowest BCUT2D eigenvalue weighted by Crippen LogP contribution is -2.03. The van der Waals surface area contributed by atoms with Gasteiger partial charge in [0, 0.05) is 5.69 Å². The van der Waals surface area contributed by atoms with Gasteiger partial charge in [0.25, 0.3) is 0 Å². The van der Waals surface area contributed by atoms with Crippen molar-refractivity contribution >= 4 is 17.3 Å². The van der Waals surface area contributed by atoms with Crippen LogP contribution in [0.15, 0.2) is 42.5 Å². The van der Waals surface area contributed by atoms with Crippen LogP contribution in [0.3, 0.4) is 0 Å². The first-order chi connectivity index (χ1) is 8.56. The van der Waals surface area contributed by atoms with E-state index in [-0.39, 0.29) is 5.56 Å². The van der Waals surface area contributed by atoms with E-state index in [4.69, 9.17) is 5.11 Å². The molecule has 0 unspecified atom stereocenters. The molecule has 0 saturated heterocycles. The molecule has 0 spiro atoms. The van der Waals surface area contributed by atoms with Crippen molar-refractivity contribution in [2.75, 3.05) is 5.32 Å². The summed E-state index contributed by atoms with van der Waals surface area (Å²) in [4.78, 5) is 11.1. The van der Waals surface area contributed by atoms with E-state index < -0.39 is 5.97 Å². The second-order valence-electron chi connectivity index (χ2n) is 4.35. The molecule has 2 aromatic carbocycles. The Balaban J connectivity index is 2.35. The van der Waals surface area contributed by atoms with E-state index in [0.717, 1.165) is 11.3 Å². The third-order valence-electron chi connectivity index (χ3n) is 2.74. The number of anilines is 2. The molecule has 0 radical (unpaired) electrons. The van der Waals surface area contributed by atoms with Crippen molar-refractivity contribution in [3.63, 3.8) is 0 Å². The smallest absolute Gasteiger partial charge is 0.337 e. The van der Waals surface area contributed by atoms with Gasteiger partial charge in [-0.05, 0) is 43.7 Å². The first-order valence-electron chi connectivity index (χ1n) is 5.74. The molecule has 0 saturated carbocycles. The van der Waals surface area contributed by atoms with E-state index in [1.807, 2.05) is 44.2 Å². The number of carboxylic acids is 1. The molecule has 3 heteroatoms. The van der Waals surface area contributed by atoms with Crippen LogP contribution < -0.4 is 5.32 Å². The molecule has 0 aliphatic rings. The lowest BCUT2D eigenvalue weighted by molar-refractivity contribution is 0.0698.